The van der Waals surface area contributed by atoms with Crippen LogP contribution < -0.4 is 4.90 Å². The van der Waals surface area contributed by atoms with Crippen molar-refractivity contribution in [1.82, 2.24) is 9.21 Å². The Morgan fingerprint density at radius 3 is 2.48 bits per heavy atom. The molecule has 7 heteroatoms. The van der Waals surface area contributed by atoms with E-state index in [0.29, 0.717) is 24.7 Å². The Bertz CT molecular complexity index is 613. The minimum Gasteiger partial charge on any atom is -0.379 e. The smallest absolute Gasteiger partial charge is 0.243 e. The Balaban J connectivity index is 2.12. The number of rotatable bonds is 6. The molecule has 6 nitrogen and oxygen atoms in total. The first-order chi connectivity index (χ1) is 10.8. The van der Waals surface area contributed by atoms with Gasteiger partial charge in [-0.25, -0.2) is 8.42 Å². The monoisotopic (exact) mass is 341 g/mol. The molecule has 0 aliphatic carbocycles. The van der Waals surface area contributed by atoms with E-state index in [1.54, 1.807) is 25.2 Å². The number of morpholine rings is 1. The highest BCUT2D eigenvalue weighted by molar-refractivity contribution is 7.89. The van der Waals surface area contributed by atoms with Crippen LogP contribution in [0.15, 0.2) is 29.2 Å². The van der Waals surface area contributed by atoms with Crippen LogP contribution in [0.5, 0.6) is 0 Å². The van der Waals surface area contributed by atoms with Gasteiger partial charge in [0.2, 0.25) is 10.0 Å². The molecule has 130 valence electrons. The third-order valence-corrected chi connectivity index (χ3v) is 6.23. The molecule has 0 spiro atoms. The lowest BCUT2D eigenvalue weighted by atomic mass is 10.3. The Kier molecular flexibility index (Phi) is 6.02. The summed E-state index contributed by atoms with van der Waals surface area (Å²) in [6.45, 7) is 5.81. The van der Waals surface area contributed by atoms with E-state index in [4.69, 9.17) is 4.74 Å². The first kappa shape index (κ1) is 18.2. The van der Waals surface area contributed by atoms with Crippen LogP contribution in [0.2, 0.25) is 0 Å². The highest BCUT2D eigenvalue weighted by Crippen LogP contribution is 2.21. The summed E-state index contributed by atoms with van der Waals surface area (Å²) in [5.41, 5.74) is 0.875. The second-order valence-electron chi connectivity index (χ2n) is 6.18. The maximum Gasteiger partial charge on any atom is 0.243 e. The van der Waals surface area contributed by atoms with Gasteiger partial charge in [0.05, 0.1) is 18.1 Å². The normalized spacial score (nSPS) is 18.1. The quantitative estimate of drug-likeness (QED) is 0.775. The second-order valence-corrected chi connectivity index (χ2v) is 8.17. The molecule has 1 aromatic carbocycles. The molecule has 1 atom stereocenters. The predicted molar refractivity (Wildman–Crippen MR) is 92.4 cm³/mol. The number of hydrogen-bond acceptors (Lipinski definition) is 5. The maximum atomic E-state index is 12.9. The fraction of sp³-hybridized carbons (Fsp3) is 0.625. The molecule has 0 saturated carbocycles. The summed E-state index contributed by atoms with van der Waals surface area (Å²) in [5.74, 6) is 0. The van der Waals surface area contributed by atoms with Crippen molar-refractivity contribution in [3.8, 4) is 0 Å². The summed E-state index contributed by atoms with van der Waals surface area (Å²) in [5, 5.41) is 0. The Morgan fingerprint density at radius 2 is 1.87 bits per heavy atom. The molecule has 0 radical (unpaired) electrons. The van der Waals surface area contributed by atoms with Gasteiger partial charge in [0.1, 0.15) is 0 Å². The largest absolute Gasteiger partial charge is 0.379 e. The van der Waals surface area contributed by atoms with E-state index in [9.17, 15) is 8.42 Å². The van der Waals surface area contributed by atoms with E-state index in [1.807, 2.05) is 32.0 Å². The van der Waals surface area contributed by atoms with Gasteiger partial charge in [-0.3, -0.25) is 4.90 Å². The fourth-order valence-corrected chi connectivity index (χ4v) is 3.99. The van der Waals surface area contributed by atoms with E-state index in [0.717, 1.165) is 18.8 Å². The molecule has 1 saturated heterocycles. The minimum atomic E-state index is -3.50. The van der Waals surface area contributed by atoms with Gasteiger partial charge in [-0.2, -0.15) is 4.31 Å². The highest BCUT2D eigenvalue weighted by atomic mass is 32.2. The molecule has 1 aliphatic heterocycles. The van der Waals surface area contributed by atoms with E-state index >= 15 is 0 Å². The van der Waals surface area contributed by atoms with Crippen molar-refractivity contribution in [1.29, 1.82) is 0 Å². The SMILES string of the molecule is CC(CN1CCOCC1)N(C)S(=O)(=O)c1cccc(N(C)C)c1. The average molecular weight is 341 g/mol. The van der Waals surface area contributed by atoms with Gasteiger partial charge in [-0.1, -0.05) is 6.07 Å². The Hall–Kier alpha value is -1.15. The lowest BCUT2D eigenvalue weighted by Crippen LogP contribution is -2.46. The molecular weight excluding hydrogens is 314 g/mol. The van der Waals surface area contributed by atoms with Gasteiger partial charge in [-0.05, 0) is 25.1 Å². The van der Waals surface area contributed by atoms with Crippen LogP contribution in [0.25, 0.3) is 0 Å². The summed E-state index contributed by atoms with van der Waals surface area (Å²) in [6, 6.07) is 6.95. The molecular formula is C16H27N3O3S. The minimum absolute atomic E-state index is 0.0962. The van der Waals surface area contributed by atoms with Gasteiger partial charge in [0, 0.05) is 52.5 Å². The number of likely N-dealkylation sites (N-methyl/N-ethyl adjacent to an activating group) is 1. The van der Waals surface area contributed by atoms with Gasteiger partial charge < -0.3 is 9.64 Å². The van der Waals surface area contributed by atoms with Crippen molar-refractivity contribution in [3.05, 3.63) is 24.3 Å². The van der Waals surface area contributed by atoms with Crippen LogP contribution in [0.4, 0.5) is 5.69 Å². The molecule has 2 rings (SSSR count). The number of nitrogens with zero attached hydrogens (tertiary/aromatic N) is 3. The van der Waals surface area contributed by atoms with Crippen LogP contribution in [0, 0.1) is 0 Å². The molecule has 23 heavy (non-hydrogen) atoms. The summed E-state index contributed by atoms with van der Waals surface area (Å²) < 4.78 is 32.5. The van der Waals surface area contributed by atoms with Gasteiger partial charge in [0.15, 0.2) is 0 Å². The van der Waals surface area contributed by atoms with Gasteiger partial charge >= 0.3 is 0 Å². The first-order valence-electron chi connectivity index (χ1n) is 7.88. The Morgan fingerprint density at radius 1 is 1.22 bits per heavy atom. The number of hydrogen-bond donors (Lipinski definition) is 0. The summed E-state index contributed by atoms with van der Waals surface area (Å²) >= 11 is 0. The summed E-state index contributed by atoms with van der Waals surface area (Å²) in [6.07, 6.45) is 0. The number of anilines is 1. The molecule has 1 aromatic rings. The van der Waals surface area contributed by atoms with Crippen molar-refractivity contribution in [2.24, 2.45) is 0 Å². The van der Waals surface area contributed by atoms with Crippen molar-refractivity contribution in [2.45, 2.75) is 17.9 Å². The highest BCUT2D eigenvalue weighted by Gasteiger charge is 2.27. The zero-order valence-corrected chi connectivity index (χ0v) is 15.2. The molecule has 1 unspecified atom stereocenters. The Labute approximate surface area is 139 Å². The first-order valence-corrected chi connectivity index (χ1v) is 9.32. The summed E-state index contributed by atoms with van der Waals surface area (Å²) in [7, 11) is 1.96. The van der Waals surface area contributed by atoms with Gasteiger partial charge in [-0.15, -0.1) is 0 Å². The standard InChI is InChI=1S/C16H27N3O3S/c1-14(13-19-8-10-22-11-9-19)18(4)23(20,21)16-7-5-6-15(12-16)17(2)3/h5-7,12,14H,8-11,13H2,1-4H3. The molecule has 0 amide bonds. The number of ether oxygens (including phenoxy) is 1. The molecule has 1 heterocycles. The van der Waals surface area contributed by atoms with E-state index in [1.165, 1.54) is 4.31 Å². The van der Waals surface area contributed by atoms with Crippen molar-refractivity contribution in [2.75, 3.05) is 58.9 Å². The van der Waals surface area contributed by atoms with Crippen LogP contribution in [0.3, 0.4) is 0 Å². The van der Waals surface area contributed by atoms with Crippen LogP contribution in [0.1, 0.15) is 6.92 Å². The molecule has 1 aliphatic rings. The zero-order chi connectivity index (χ0) is 17.0. The van der Waals surface area contributed by atoms with Crippen LogP contribution in [-0.4, -0.2) is 77.7 Å². The van der Waals surface area contributed by atoms with Crippen molar-refractivity contribution in [3.63, 3.8) is 0 Å². The summed E-state index contributed by atoms with van der Waals surface area (Å²) in [4.78, 5) is 4.48. The lowest BCUT2D eigenvalue weighted by molar-refractivity contribution is 0.0314. The average Bonchev–Trinajstić information content (AvgIpc) is 2.55. The van der Waals surface area contributed by atoms with Crippen LogP contribution in [-0.2, 0) is 14.8 Å². The van der Waals surface area contributed by atoms with E-state index < -0.39 is 10.0 Å². The topological polar surface area (TPSA) is 53.1 Å². The number of benzene rings is 1. The zero-order valence-electron chi connectivity index (χ0n) is 14.4. The van der Waals surface area contributed by atoms with Crippen LogP contribution >= 0.6 is 0 Å². The van der Waals surface area contributed by atoms with Gasteiger partial charge in [0.25, 0.3) is 0 Å². The molecule has 1 fully saturated rings. The van der Waals surface area contributed by atoms with E-state index in [-0.39, 0.29) is 6.04 Å². The maximum absolute atomic E-state index is 12.9. The predicted octanol–water partition coefficient (Wildman–Crippen LogP) is 1.09. The second kappa shape index (κ2) is 7.61. The lowest BCUT2D eigenvalue weighted by Gasteiger charge is -2.32. The van der Waals surface area contributed by atoms with E-state index in [2.05, 4.69) is 4.90 Å². The molecule has 0 bridgehead atoms. The fourth-order valence-electron chi connectivity index (χ4n) is 2.60. The van der Waals surface area contributed by atoms with Crippen molar-refractivity contribution < 1.29 is 13.2 Å². The third kappa shape index (κ3) is 4.44. The molecule has 0 aromatic heterocycles. The van der Waals surface area contributed by atoms with Crippen molar-refractivity contribution >= 4 is 15.7 Å². The third-order valence-electron chi connectivity index (χ3n) is 4.26. The number of sulfonamides is 1. The molecule has 0 N–H and O–H groups in total.